The van der Waals surface area contributed by atoms with Gasteiger partial charge in [-0.1, -0.05) is 54.0 Å². The van der Waals surface area contributed by atoms with E-state index in [-0.39, 0.29) is 18.3 Å². The van der Waals surface area contributed by atoms with Crippen LogP contribution in [0.5, 0.6) is 11.5 Å². The van der Waals surface area contributed by atoms with Crippen LogP contribution >= 0.6 is 47.8 Å². The highest BCUT2D eigenvalue weighted by Gasteiger charge is 2.17. The van der Waals surface area contributed by atoms with E-state index in [1.54, 1.807) is 30.3 Å². The van der Waals surface area contributed by atoms with Gasteiger partial charge in [0, 0.05) is 14.5 Å². The number of carbonyl (C=O) groups excluding carboxylic acids is 2. The number of benzene rings is 3. The molecule has 0 bridgehead atoms. The summed E-state index contributed by atoms with van der Waals surface area (Å²) in [5.41, 5.74) is 5.39. The smallest absolute Gasteiger partial charge is 0.344 e. The average Bonchev–Trinajstić information content (AvgIpc) is 2.79. The number of aryl methyl sites for hydroxylation is 1. The van der Waals surface area contributed by atoms with Crippen LogP contribution in [0.4, 0.5) is 0 Å². The third kappa shape index (κ3) is 7.49. The number of hydrogen-bond donors (Lipinski definition) is 1. The molecule has 6 nitrogen and oxygen atoms in total. The number of hydrogen-bond acceptors (Lipinski definition) is 5. The topological polar surface area (TPSA) is 77.0 Å². The zero-order valence-corrected chi connectivity index (χ0v) is 24.0. The van der Waals surface area contributed by atoms with E-state index < -0.39 is 11.9 Å². The van der Waals surface area contributed by atoms with Gasteiger partial charge < -0.3 is 9.47 Å². The molecule has 9 heteroatoms. The first-order chi connectivity index (χ1) is 16.7. The Kier molecular flexibility index (Phi) is 9.65. The SMILES string of the molecule is Cc1ccc(C(C)C)c(OCC(=O)N/N=C\c2cc(Br)cc(Br)c2OC(=O)c2ccccc2Br)c1. The molecule has 3 rings (SSSR count). The van der Waals surface area contributed by atoms with Crippen molar-refractivity contribution in [2.75, 3.05) is 6.61 Å². The van der Waals surface area contributed by atoms with E-state index in [1.165, 1.54) is 6.21 Å². The third-order valence-corrected chi connectivity index (χ3v) is 6.61. The van der Waals surface area contributed by atoms with Gasteiger partial charge in [-0.15, -0.1) is 0 Å². The molecular weight excluding hydrogens is 644 g/mol. The zero-order valence-electron chi connectivity index (χ0n) is 19.3. The highest BCUT2D eigenvalue weighted by Crippen LogP contribution is 2.33. The second-order valence-corrected chi connectivity index (χ2v) is 10.6. The van der Waals surface area contributed by atoms with Crippen LogP contribution in [-0.4, -0.2) is 24.7 Å². The monoisotopic (exact) mass is 664 g/mol. The van der Waals surface area contributed by atoms with Crippen molar-refractivity contribution in [3.63, 3.8) is 0 Å². The number of hydrazone groups is 1. The lowest BCUT2D eigenvalue weighted by Gasteiger charge is -2.14. The van der Waals surface area contributed by atoms with E-state index in [4.69, 9.17) is 9.47 Å². The molecule has 0 aliphatic rings. The van der Waals surface area contributed by atoms with Gasteiger partial charge in [0.1, 0.15) is 5.75 Å². The molecule has 182 valence electrons. The molecule has 0 spiro atoms. The molecule has 1 amide bonds. The molecule has 35 heavy (non-hydrogen) atoms. The summed E-state index contributed by atoms with van der Waals surface area (Å²) in [6.07, 6.45) is 1.41. The van der Waals surface area contributed by atoms with Gasteiger partial charge >= 0.3 is 5.97 Å². The number of ether oxygens (including phenoxy) is 2. The Bertz CT molecular complexity index is 1280. The normalized spacial score (nSPS) is 11.1. The maximum atomic E-state index is 12.7. The van der Waals surface area contributed by atoms with Crippen LogP contribution in [0.15, 0.2) is 73.1 Å². The fourth-order valence-corrected chi connectivity index (χ4v) is 4.94. The first-order valence-corrected chi connectivity index (χ1v) is 13.0. The Labute approximate surface area is 229 Å². The number of nitrogens with zero attached hydrogens (tertiary/aromatic N) is 1. The Morgan fingerprint density at radius 2 is 1.77 bits per heavy atom. The van der Waals surface area contributed by atoms with Gasteiger partial charge in [0.2, 0.25) is 0 Å². The van der Waals surface area contributed by atoms with E-state index in [0.717, 1.165) is 15.6 Å². The van der Waals surface area contributed by atoms with Gasteiger partial charge in [-0.25, -0.2) is 10.2 Å². The summed E-state index contributed by atoms with van der Waals surface area (Å²) in [6.45, 7) is 5.92. The van der Waals surface area contributed by atoms with E-state index in [1.807, 2.05) is 31.2 Å². The van der Waals surface area contributed by atoms with E-state index in [9.17, 15) is 9.59 Å². The Balaban J connectivity index is 1.70. The van der Waals surface area contributed by atoms with Crippen molar-refractivity contribution in [2.45, 2.75) is 26.7 Å². The maximum absolute atomic E-state index is 12.7. The summed E-state index contributed by atoms with van der Waals surface area (Å²) in [5.74, 6) is 0.255. The number of nitrogens with one attached hydrogen (secondary N) is 1. The van der Waals surface area contributed by atoms with Crippen molar-refractivity contribution >= 4 is 65.9 Å². The summed E-state index contributed by atoms with van der Waals surface area (Å²) in [5, 5.41) is 4.02. The minimum absolute atomic E-state index is 0.188. The lowest BCUT2D eigenvalue weighted by atomic mass is 10.0. The number of carbonyl (C=O) groups is 2. The van der Waals surface area contributed by atoms with E-state index in [0.29, 0.717) is 25.8 Å². The fourth-order valence-electron chi connectivity index (χ4n) is 3.15. The highest BCUT2D eigenvalue weighted by molar-refractivity contribution is 9.11. The molecule has 0 unspecified atom stereocenters. The van der Waals surface area contributed by atoms with Crippen LogP contribution in [-0.2, 0) is 4.79 Å². The van der Waals surface area contributed by atoms with Crippen molar-refractivity contribution in [1.29, 1.82) is 0 Å². The highest BCUT2D eigenvalue weighted by atomic mass is 79.9. The van der Waals surface area contributed by atoms with Gasteiger partial charge in [-0.2, -0.15) is 5.10 Å². The maximum Gasteiger partial charge on any atom is 0.344 e. The van der Waals surface area contributed by atoms with Crippen LogP contribution in [0.2, 0.25) is 0 Å². The zero-order chi connectivity index (χ0) is 25.5. The first kappa shape index (κ1) is 27.1. The second-order valence-electron chi connectivity index (χ2n) is 7.95. The minimum atomic E-state index is -0.535. The molecule has 0 fully saturated rings. The van der Waals surface area contributed by atoms with E-state index in [2.05, 4.69) is 72.2 Å². The van der Waals surface area contributed by atoms with Crippen LogP contribution in [0.3, 0.4) is 0 Å². The first-order valence-electron chi connectivity index (χ1n) is 10.7. The Morgan fingerprint density at radius 1 is 1.03 bits per heavy atom. The van der Waals surface area contributed by atoms with Gasteiger partial charge in [-0.3, -0.25) is 4.79 Å². The molecule has 0 saturated heterocycles. The van der Waals surface area contributed by atoms with Gasteiger partial charge in [-0.05, 0) is 86.2 Å². The largest absolute Gasteiger partial charge is 0.483 e. The molecule has 3 aromatic rings. The lowest BCUT2D eigenvalue weighted by Crippen LogP contribution is -2.25. The summed E-state index contributed by atoms with van der Waals surface area (Å²) in [7, 11) is 0. The molecule has 0 aromatic heterocycles. The molecular formula is C26H23Br3N2O4. The number of esters is 1. The summed E-state index contributed by atoms with van der Waals surface area (Å²) < 4.78 is 13.3. The molecule has 0 aliphatic heterocycles. The standard InChI is InChI=1S/C26H23Br3N2O4/c1-15(2)19-9-8-16(3)10-23(19)34-14-24(32)31-30-13-17-11-18(27)12-22(29)25(17)35-26(33)20-6-4-5-7-21(20)28/h4-13,15H,14H2,1-3H3,(H,31,32)/b30-13-. The van der Waals surface area contributed by atoms with Crippen LogP contribution in [0.25, 0.3) is 0 Å². The summed E-state index contributed by atoms with van der Waals surface area (Å²) >= 11 is 10.2. The predicted octanol–water partition coefficient (Wildman–Crippen LogP) is 7.15. The molecule has 0 saturated carbocycles. The van der Waals surface area contributed by atoms with Crippen molar-refractivity contribution < 1.29 is 19.1 Å². The summed E-state index contributed by atoms with van der Waals surface area (Å²) in [6, 6.07) is 16.4. The number of halogens is 3. The van der Waals surface area contributed by atoms with Gasteiger partial charge in [0.25, 0.3) is 5.91 Å². The van der Waals surface area contributed by atoms with Crippen molar-refractivity contribution in [1.82, 2.24) is 5.43 Å². The molecule has 3 aromatic carbocycles. The molecule has 0 radical (unpaired) electrons. The van der Waals surface area contributed by atoms with E-state index >= 15 is 0 Å². The molecule has 0 heterocycles. The second kappa shape index (κ2) is 12.5. The quantitative estimate of drug-likeness (QED) is 0.120. The van der Waals surface area contributed by atoms with Crippen LogP contribution < -0.4 is 14.9 Å². The molecule has 0 aliphatic carbocycles. The Hall–Kier alpha value is -2.49. The minimum Gasteiger partial charge on any atom is -0.483 e. The predicted molar refractivity (Wildman–Crippen MR) is 147 cm³/mol. The third-order valence-electron chi connectivity index (χ3n) is 4.87. The molecule has 0 atom stereocenters. The lowest BCUT2D eigenvalue weighted by molar-refractivity contribution is -0.123. The van der Waals surface area contributed by atoms with Crippen molar-refractivity contribution in [2.24, 2.45) is 5.10 Å². The Morgan fingerprint density at radius 3 is 2.49 bits per heavy atom. The van der Waals surface area contributed by atoms with Crippen molar-refractivity contribution in [3.8, 4) is 11.5 Å². The van der Waals surface area contributed by atoms with Crippen LogP contribution in [0, 0.1) is 6.92 Å². The number of amides is 1. The van der Waals surface area contributed by atoms with Gasteiger partial charge in [0.15, 0.2) is 12.4 Å². The van der Waals surface area contributed by atoms with Gasteiger partial charge in [0.05, 0.1) is 16.3 Å². The van der Waals surface area contributed by atoms with Crippen LogP contribution in [0.1, 0.15) is 46.8 Å². The summed E-state index contributed by atoms with van der Waals surface area (Å²) in [4.78, 5) is 25.0. The average molecular weight is 667 g/mol. The van der Waals surface area contributed by atoms with Crippen molar-refractivity contribution in [3.05, 3.63) is 90.3 Å². The molecule has 1 N–H and O–H groups in total. The number of rotatable bonds is 8. The fraction of sp³-hybridized carbons (Fsp3) is 0.192.